The molecule has 0 aromatic rings. The van der Waals surface area contributed by atoms with Crippen LogP contribution in [0.4, 0.5) is 0 Å². The molecule has 0 aromatic heterocycles. The molecule has 0 atom stereocenters. The summed E-state index contributed by atoms with van der Waals surface area (Å²) in [6.45, 7) is 0.811. The summed E-state index contributed by atoms with van der Waals surface area (Å²) in [6, 6.07) is 0. The SMILES string of the molecule is COCCNC(=O)CCNC(=O)CNC(=O)CN. The highest BCUT2D eigenvalue weighted by atomic mass is 16.5. The largest absolute Gasteiger partial charge is 0.383 e. The van der Waals surface area contributed by atoms with Crippen molar-refractivity contribution in [2.75, 3.05) is 39.9 Å². The van der Waals surface area contributed by atoms with Gasteiger partial charge in [-0.15, -0.1) is 0 Å². The third kappa shape index (κ3) is 9.55. The molecule has 104 valence electrons. The summed E-state index contributed by atoms with van der Waals surface area (Å²) in [6.07, 6.45) is 0.181. The van der Waals surface area contributed by atoms with Crippen molar-refractivity contribution in [1.82, 2.24) is 16.0 Å². The lowest BCUT2D eigenvalue weighted by molar-refractivity contribution is -0.125. The van der Waals surface area contributed by atoms with Crippen molar-refractivity contribution < 1.29 is 19.1 Å². The van der Waals surface area contributed by atoms with E-state index in [0.717, 1.165) is 0 Å². The van der Waals surface area contributed by atoms with Gasteiger partial charge in [0.1, 0.15) is 0 Å². The lowest BCUT2D eigenvalue weighted by Crippen LogP contribution is -2.40. The first-order valence-corrected chi connectivity index (χ1v) is 5.59. The maximum atomic E-state index is 11.2. The van der Waals surface area contributed by atoms with Crippen LogP contribution in [0.15, 0.2) is 0 Å². The third-order valence-corrected chi connectivity index (χ3v) is 1.93. The molecule has 0 unspecified atom stereocenters. The lowest BCUT2D eigenvalue weighted by atomic mass is 10.4. The Kier molecular flexibility index (Phi) is 9.51. The molecule has 0 aromatic carbocycles. The van der Waals surface area contributed by atoms with E-state index in [4.69, 9.17) is 10.5 Å². The van der Waals surface area contributed by atoms with Crippen LogP contribution in [-0.4, -0.2) is 57.6 Å². The first-order chi connectivity index (χ1) is 8.60. The second-order valence-electron chi connectivity index (χ2n) is 3.42. The van der Waals surface area contributed by atoms with Gasteiger partial charge in [-0.2, -0.15) is 0 Å². The third-order valence-electron chi connectivity index (χ3n) is 1.93. The smallest absolute Gasteiger partial charge is 0.239 e. The summed E-state index contributed by atoms with van der Waals surface area (Å²) < 4.78 is 4.77. The van der Waals surface area contributed by atoms with E-state index in [1.165, 1.54) is 0 Å². The molecule has 0 aliphatic rings. The fourth-order valence-corrected chi connectivity index (χ4v) is 1.01. The topological polar surface area (TPSA) is 123 Å². The Morgan fingerprint density at radius 1 is 1.00 bits per heavy atom. The molecule has 8 nitrogen and oxygen atoms in total. The van der Waals surface area contributed by atoms with Gasteiger partial charge in [-0.3, -0.25) is 14.4 Å². The summed E-state index contributed by atoms with van der Waals surface area (Å²) in [5.41, 5.74) is 5.05. The highest BCUT2D eigenvalue weighted by Crippen LogP contribution is 1.78. The van der Waals surface area contributed by atoms with Crippen molar-refractivity contribution in [2.24, 2.45) is 5.73 Å². The van der Waals surface area contributed by atoms with E-state index in [1.54, 1.807) is 7.11 Å². The van der Waals surface area contributed by atoms with Crippen LogP contribution < -0.4 is 21.7 Å². The zero-order chi connectivity index (χ0) is 13.8. The Balaban J connectivity index is 3.49. The predicted molar refractivity (Wildman–Crippen MR) is 64.6 cm³/mol. The highest BCUT2D eigenvalue weighted by molar-refractivity contribution is 5.85. The Bertz CT molecular complexity index is 283. The molecule has 18 heavy (non-hydrogen) atoms. The van der Waals surface area contributed by atoms with Crippen molar-refractivity contribution in [2.45, 2.75) is 6.42 Å². The number of nitrogens with one attached hydrogen (secondary N) is 3. The first kappa shape index (κ1) is 16.3. The maximum absolute atomic E-state index is 11.2. The molecular formula is C10H20N4O4. The van der Waals surface area contributed by atoms with Gasteiger partial charge in [0, 0.05) is 26.6 Å². The Hall–Kier alpha value is -1.67. The number of carbonyl (C=O) groups excluding carboxylic acids is 3. The summed E-state index contributed by atoms with van der Waals surface area (Å²) in [5, 5.41) is 7.43. The molecule has 0 heterocycles. The number of hydrogen-bond donors (Lipinski definition) is 4. The van der Waals surface area contributed by atoms with Crippen LogP contribution in [0.25, 0.3) is 0 Å². The normalized spacial score (nSPS) is 9.67. The van der Waals surface area contributed by atoms with Crippen LogP contribution in [0.2, 0.25) is 0 Å². The number of hydrogen-bond acceptors (Lipinski definition) is 5. The van der Waals surface area contributed by atoms with Crippen LogP contribution in [0.5, 0.6) is 0 Å². The molecule has 0 spiro atoms. The number of amides is 3. The van der Waals surface area contributed by atoms with E-state index in [0.29, 0.717) is 13.2 Å². The van der Waals surface area contributed by atoms with Crippen LogP contribution in [0, 0.1) is 0 Å². The fourth-order valence-electron chi connectivity index (χ4n) is 1.01. The molecule has 0 bridgehead atoms. The van der Waals surface area contributed by atoms with Gasteiger partial charge < -0.3 is 26.4 Å². The number of nitrogens with two attached hydrogens (primary N) is 1. The quantitative estimate of drug-likeness (QED) is 0.337. The summed E-state index contributed by atoms with van der Waals surface area (Å²) >= 11 is 0. The minimum absolute atomic E-state index is 0.138. The van der Waals surface area contributed by atoms with Gasteiger partial charge in [0.15, 0.2) is 0 Å². The monoisotopic (exact) mass is 260 g/mol. The van der Waals surface area contributed by atoms with Crippen molar-refractivity contribution in [3.63, 3.8) is 0 Å². The van der Waals surface area contributed by atoms with E-state index < -0.39 is 5.91 Å². The fraction of sp³-hybridized carbons (Fsp3) is 0.700. The highest BCUT2D eigenvalue weighted by Gasteiger charge is 2.05. The zero-order valence-electron chi connectivity index (χ0n) is 10.5. The molecule has 0 aliphatic carbocycles. The first-order valence-electron chi connectivity index (χ1n) is 5.59. The molecule has 0 saturated carbocycles. The van der Waals surface area contributed by atoms with E-state index in [2.05, 4.69) is 16.0 Å². The molecule has 3 amide bonds. The average Bonchev–Trinajstić information content (AvgIpc) is 2.36. The summed E-state index contributed by atoms with van der Waals surface area (Å²) in [4.78, 5) is 33.1. The molecule has 0 rings (SSSR count). The molecule has 0 aliphatic heterocycles. The number of carbonyl (C=O) groups is 3. The lowest BCUT2D eigenvalue weighted by Gasteiger charge is -2.07. The molecular weight excluding hydrogens is 240 g/mol. The van der Waals surface area contributed by atoms with Gasteiger partial charge in [-0.1, -0.05) is 0 Å². The van der Waals surface area contributed by atoms with Crippen LogP contribution in [-0.2, 0) is 19.1 Å². The van der Waals surface area contributed by atoms with Crippen molar-refractivity contribution in [3.8, 4) is 0 Å². The van der Waals surface area contributed by atoms with E-state index in [1.807, 2.05) is 0 Å². The summed E-state index contributed by atoms with van der Waals surface area (Å²) in [7, 11) is 1.54. The summed E-state index contributed by atoms with van der Waals surface area (Å²) in [5.74, 6) is -0.928. The number of methoxy groups -OCH3 is 1. The van der Waals surface area contributed by atoms with Gasteiger partial charge in [0.25, 0.3) is 0 Å². The van der Waals surface area contributed by atoms with Crippen LogP contribution in [0.3, 0.4) is 0 Å². The minimum atomic E-state index is -0.401. The van der Waals surface area contributed by atoms with Gasteiger partial charge in [-0.05, 0) is 0 Å². The van der Waals surface area contributed by atoms with E-state index in [-0.39, 0.29) is 37.9 Å². The second kappa shape index (κ2) is 10.5. The predicted octanol–water partition coefficient (Wildman–Crippen LogP) is -2.67. The molecule has 5 N–H and O–H groups in total. The van der Waals surface area contributed by atoms with E-state index in [9.17, 15) is 14.4 Å². The second-order valence-corrected chi connectivity index (χ2v) is 3.42. The van der Waals surface area contributed by atoms with Crippen molar-refractivity contribution in [1.29, 1.82) is 0 Å². The van der Waals surface area contributed by atoms with Crippen LogP contribution >= 0.6 is 0 Å². The van der Waals surface area contributed by atoms with Crippen molar-refractivity contribution in [3.05, 3.63) is 0 Å². The average molecular weight is 260 g/mol. The van der Waals surface area contributed by atoms with Gasteiger partial charge in [0.05, 0.1) is 19.7 Å². The number of rotatable bonds is 9. The maximum Gasteiger partial charge on any atom is 0.239 e. The molecule has 0 radical (unpaired) electrons. The van der Waals surface area contributed by atoms with Gasteiger partial charge in [-0.25, -0.2) is 0 Å². The number of ether oxygens (including phenoxy) is 1. The van der Waals surface area contributed by atoms with E-state index >= 15 is 0 Å². The van der Waals surface area contributed by atoms with Gasteiger partial charge in [0.2, 0.25) is 17.7 Å². The molecule has 8 heteroatoms. The van der Waals surface area contributed by atoms with Gasteiger partial charge >= 0.3 is 0 Å². The minimum Gasteiger partial charge on any atom is -0.383 e. The Labute approximate surface area is 106 Å². The standard InChI is InChI=1S/C10H20N4O4/c1-18-5-4-13-8(15)2-3-12-10(17)7-14-9(16)6-11/h2-7,11H2,1H3,(H,12,17)(H,13,15)(H,14,16). The molecule has 0 saturated heterocycles. The van der Waals surface area contributed by atoms with Crippen molar-refractivity contribution >= 4 is 17.7 Å². The van der Waals surface area contributed by atoms with Crippen LogP contribution in [0.1, 0.15) is 6.42 Å². The Morgan fingerprint density at radius 3 is 2.28 bits per heavy atom. The molecule has 0 fully saturated rings. The zero-order valence-corrected chi connectivity index (χ0v) is 10.5. The Morgan fingerprint density at radius 2 is 1.67 bits per heavy atom.